The minimum Gasteiger partial charge on any atom is -0.395 e. The van der Waals surface area contributed by atoms with E-state index < -0.39 is 12.2 Å². The summed E-state index contributed by atoms with van der Waals surface area (Å²) in [5.41, 5.74) is 0. The Hall–Kier alpha value is -0.630. The van der Waals surface area contributed by atoms with E-state index in [9.17, 15) is 0 Å². The van der Waals surface area contributed by atoms with Gasteiger partial charge in [-0.15, -0.1) is 0 Å². The molecule has 0 aliphatic heterocycles. The molecular weight excluding hydrogens is 122 g/mol. The Labute approximate surface area is 53.0 Å². The fourth-order valence-electron chi connectivity index (χ4n) is 0.423. The second-order valence-corrected chi connectivity index (χ2v) is 1.72. The van der Waals surface area contributed by atoms with Crippen LogP contribution < -0.4 is 0 Å². The van der Waals surface area contributed by atoms with Crippen LogP contribution >= 0.6 is 0 Å². The Morgan fingerprint density at radius 2 is 2.00 bits per heavy atom. The molecule has 0 heterocycles. The van der Waals surface area contributed by atoms with Gasteiger partial charge in [0.1, 0.15) is 0 Å². The van der Waals surface area contributed by atoms with Gasteiger partial charge >= 0.3 is 0 Å². The Kier molecular flexibility index (Phi) is 3.97. The number of aliphatic hydroxyl groups is 3. The summed E-state index contributed by atoms with van der Waals surface area (Å²) in [6.07, 6.45) is -1.59. The Bertz CT molecular complexity index is 107. The highest BCUT2D eigenvalue weighted by molar-refractivity contribution is 4.81. The Morgan fingerprint density at radius 1 is 1.44 bits per heavy atom. The van der Waals surface area contributed by atoms with Crippen LogP contribution in [0.5, 0.6) is 0 Å². The maximum atomic E-state index is 8.33. The third kappa shape index (κ3) is 3.91. The van der Waals surface area contributed by atoms with Crippen LogP contribution in [-0.2, 0) is 0 Å². The summed E-state index contributed by atoms with van der Waals surface area (Å²) >= 11 is 0. The molecule has 0 aliphatic carbocycles. The molecule has 0 saturated heterocycles. The largest absolute Gasteiger partial charge is 0.395 e. The van der Waals surface area contributed by atoms with Crippen LogP contribution in [0.25, 0.3) is 0 Å². The molecule has 4 nitrogen and oxygen atoms in total. The zero-order valence-corrected chi connectivity index (χ0v) is 4.86. The molecule has 0 fully saturated rings. The van der Waals surface area contributed by atoms with Crippen molar-refractivity contribution in [3.05, 3.63) is 0 Å². The number of rotatable bonds is 3. The van der Waals surface area contributed by atoms with Crippen LogP contribution in [0.15, 0.2) is 0 Å². The molecule has 0 radical (unpaired) electrons. The maximum absolute atomic E-state index is 8.33. The summed E-state index contributed by atoms with van der Waals surface area (Å²) in [6, 6.07) is 1.71. The average molecular weight is 131 g/mol. The third-order valence-corrected chi connectivity index (χ3v) is 0.898. The monoisotopic (exact) mass is 131 g/mol. The molecule has 0 saturated carbocycles. The number of hydrogen-bond acceptors (Lipinski definition) is 4. The minimum atomic E-state index is -1.50. The first-order valence-corrected chi connectivity index (χ1v) is 2.57. The van der Waals surface area contributed by atoms with Crippen LogP contribution in [0.1, 0.15) is 6.42 Å². The molecule has 1 atom stereocenters. The van der Waals surface area contributed by atoms with Crippen molar-refractivity contribution < 1.29 is 15.3 Å². The van der Waals surface area contributed by atoms with E-state index >= 15 is 0 Å². The van der Waals surface area contributed by atoms with Gasteiger partial charge in [-0.05, 0) is 0 Å². The van der Waals surface area contributed by atoms with E-state index in [1.807, 2.05) is 0 Å². The smallest absolute Gasteiger partial charge is 0.152 e. The fourth-order valence-corrected chi connectivity index (χ4v) is 0.423. The van der Waals surface area contributed by atoms with E-state index in [1.165, 1.54) is 0 Å². The lowest BCUT2D eigenvalue weighted by atomic mass is 10.1. The number of aliphatic hydroxyl groups excluding tert-OH is 2. The molecule has 0 aromatic rings. The molecule has 0 amide bonds. The molecule has 1 unspecified atom stereocenters. The predicted octanol–water partition coefficient (Wildman–Crippen LogP) is -1.18. The third-order valence-electron chi connectivity index (χ3n) is 0.898. The van der Waals surface area contributed by atoms with Crippen molar-refractivity contribution in [2.24, 2.45) is 5.92 Å². The van der Waals surface area contributed by atoms with E-state index in [-0.39, 0.29) is 13.0 Å². The first kappa shape index (κ1) is 8.37. The minimum absolute atomic E-state index is 0.0903. The fraction of sp³-hybridized carbons (Fsp3) is 0.800. The van der Waals surface area contributed by atoms with Crippen molar-refractivity contribution in [2.45, 2.75) is 12.7 Å². The van der Waals surface area contributed by atoms with Gasteiger partial charge in [-0.1, -0.05) is 0 Å². The van der Waals surface area contributed by atoms with Crippen LogP contribution in [0, 0.1) is 17.2 Å². The van der Waals surface area contributed by atoms with Crippen molar-refractivity contribution in [1.82, 2.24) is 0 Å². The lowest BCUT2D eigenvalue weighted by Gasteiger charge is -2.04. The molecule has 9 heavy (non-hydrogen) atoms. The standard InChI is InChI=1S/C5H9NO3/c6-2-4(3-7)1-5(8)9/h4-5,7-9H,1,3H2. The average Bonchev–Trinajstić information content (AvgIpc) is 1.82. The Balaban J connectivity index is 3.47. The van der Waals surface area contributed by atoms with Crippen molar-refractivity contribution in [3.63, 3.8) is 0 Å². The zero-order chi connectivity index (χ0) is 7.28. The quantitative estimate of drug-likeness (QED) is 0.421. The van der Waals surface area contributed by atoms with E-state index in [2.05, 4.69) is 0 Å². The summed E-state index contributed by atoms with van der Waals surface area (Å²) in [5, 5.41) is 33.0. The van der Waals surface area contributed by atoms with Crippen LogP contribution in [-0.4, -0.2) is 28.2 Å². The lowest BCUT2D eigenvalue weighted by molar-refractivity contribution is -0.0551. The summed E-state index contributed by atoms with van der Waals surface area (Å²) in [4.78, 5) is 0. The van der Waals surface area contributed by atoms with Gasteiger partial charge in [-0.2, -0.15) is 5.26 Å². The number of nitriles is 1. The van der Waals surface area contributed by atoms with Gasteiger partial charge in [0.05, 0.1) is 18.6 Å². The molecule has 0 rings (SSSR count). The van der Waals surface area contributed by atoms with E-state index in [0.29, 0.717) is 0 Å². The predicted molar refractivity (Wildman–Crippen MR) is 29.0 cm³/mol. The van der Waals surface area contributed by atoms with Gasteiger partial charge in [0.2, 0.25) is 0 Å². The molecule has 0 aromatic carbocycles. The van der Waals surface area contributed by atoms with E-state index in [1.54, 1.807) is 6.07 Å². The second-order valence-electron chi connectivity index (χ2n) is 1.72. The molecule has 3 N–H and O–H groups in total. The van der Waals surface area contributed by atoms with Crippen LogP contribution in [0.4, 0.5) is 0 Å². The van der Waals surface area contributed by atoms with Crippen LogP contribution in [0.2, 0.25) is 0 Å². The van der Waals surface area contributed by atoms with E-state index in [0.717, 1.165) is 0 Å². The topological polar surface area (TPSA) is 84.5 Å². The summed E-state index contributed by atoms with van der Waals surface area (Å²) in [5.74, 6) is -0.662. The summed E-state index contributed by atoms with van der Waals surface area (Å²) in [7, 11) is 0. The van der Waals surface area contributed by atoms with Crippen molar-refractivity contribution in [2.75, 3.05) is 6.61 Å². The molecule has 52 valence electrons. The SMILES string of the molecule is N#CC(CO)CC(O)O. The van der Waals surface area contributed by atoms with Gasteiger partial charge in [0.15, 0.2) is 6.29 Å². The van der Waals surface area contributed by atoms with Gasteiger partial charge in [-0.3, -0.25) is 0 Å². The maximum Gasteiger partial charge on any atom is 0.152 e. The highest BCUT2D eigenvalue weighted by Gasteiger charge is 2.09. The van der Waals surface area contributed by atoms with Gasteiger partial charge in [-0.25, -0.2) is 0 Å². The van der Waals surface area contributed by atoms with Gasteiger partial charge < -0.3 is 15.3 Å². The highest BCUT2D eigenvalue weighted by Crippen LogP contribution is 2.01. The van der Waals surface area contributed by atoms with Crippen molar-refractivity contribution in [1.29, 1.82) is 5.26 Å². The number of nitrogens with zero attached hydrogens (tertiary/aromatic N) is 1. The molecule has 0 aliphatic rings. The normalized spacial score (nSPS) is 13.2. The van der Waals surface area contributed by atoms with Crippen molar-refractivity contribution >= 4 is 0 Å². The number of hydrogen-bond donors (Lipinski definition) is 3. The lowest BCUT2D eigenvalue weighted by Crippen LogP contribution is -2.13. The highest BCUT2D eigenvalue weighted by atomic mass is 16.5. The first-order valence-electron chi connectivity index (χ1n) is 2.57. The molecule has 4 heteroatoms. The van der Waals surface area contributed by atoms with Crippen molar-refractivity contribution in [3.8, 4) is 6.07 Å². The van der Waals surface area contributed by atoms with Gasteiger partial charge in [0, 0.05) is 6.42 Å². The van der Waals surface area contributed by atoms with Crippen LogP contribution in [0.3, 0.4) is 0 Å². The molecule has 0 bridgehead atoms. The van der Waals surface area contributed by atoms with Gasteiger partial charge in [0.25, 0.3) is 0 Å². The second kappa shape index (κ2) is 4.27. The van der Waals surface area contributed by atoms with E-state index in [4.69, 9.17) is 20.6 Å². The molecular formula is C5H9NO3. The molecule has 0 spiro atoms. The zero-order valence-electron chi connectivity index (χ0n) is 4.86. The molecule has 0 aromatic heterocycles. The summed E-state index contributed by atoms with van der Waals surface area (Å²) < 4.78 is 0. The Morgan fingerprint density at radius 3 is 2.11 bits per heavy atom. The summed E-state index contributed by atoms with van der Waals surface area (Å²) in [6.45, 7) is -0.325. The first-order chi connectivity index (χ1) is 4.20.